The van der Waals surface area contributed by atoms with Crippen LogP contribution in [0.2, 0.25) is 0 Å². The second-order valence-electron chi connectivity index (χ2n) is 4.65. The predicted molar refractivity (Wildman–Crippen MR) is 63.2 cm³/mol. The first kappa shape index (κ1) is 13.1. The lowest BCUT2D eigenvalue weighted by Gasteiger charge is -2.30. The molecule has 1 rings (SSSR count). The number of amides is 1. The first-order valence-electron chi connectivity index (χ1n) is 5.07. The lowest BCUT2D eigenvalue weighted by atomic mass is 10.1. The minimum atomic E-state index is -0.547. The van der Waals surface area contributed by atoms with E-state index in [1.54, 1.807) is 20.8 Å². The maximum atomic E-state index is 11.9. The van der Waals surface area contributed by atoms with E-state index in [9.17, 15) is 14.9 Å². The molecule has 0 fully saturated rings. The largest absolute Gasteiger partial charge is 0.271 e. The molecule has 0 heterocycles. The average Bonchev–Trinajstić information content (AvgIpc) is 2.26. The second kappa shape index (κ2) is 4.50. The molecule has 0 aliphatic rings. The Morgan fingerprint density at radius 2 is 2.00 bits per heavy atom. The number of nitro groups is 1. The Morgan fingerprint density at radius 3 is 2.47 bits per heavy atom. The molecule has 0 atom stereocenters. The molecule has 0 saturated carbocycles. The molecule has 17 heavy (non-hydrogen) atoms. The topological polar surface area (TPSA) is 89.5 Å². The van der Waals surface area contributed by atoms with E-state index in [0.29, 0.717) is 0 Å². The third-order valence-corrected chi connectivity index (χ3v) is 2.25. The molecule has 0 aromatic heterocycles. The Kier molecular flexibility index (Phi) is 3.47. The number of carbonyl (C=O) groups is 1. The molecule has 2 N–H and O–H groups in total. The van der Waals surface area contributed by atoms with Gasteiger partial charge in [-0.25, -0.2) is 5.84 Å². The highest BCUT2D eigenvalue weighted by molar-refractivity contribution is 5.94. The van der Waals surface area contributed by atoms with Crippen molar-refractivity contribution < 1.29 is 9.72 Å². The summed E-state index contributed by atoms with van der Waals surface area (Å²) in [4.78, 5) is 22.0. The van der Waals surface area contributed by atoms with Gasteiger partial charge in [0.1, 0.15) is 0 Å². The summed E-state index contributed by atoms with van der Waals surface area (Å²) in [6.07, 6.45) is 0. The first-order chi connectivity index (χ1) is 7.73. The summed E-state index contributed by atoms with van der Waals surface area (Å²) >= 11 is 0. The van der Waals surface area contributed by atoms with Crippen molar-refractivity contribution in [3.8, 4) is 0 Å². The number of hydrogen-bond donors (Lipinski definition) is 1. The fourth-order valence-corrected chi connectivity index (χ4v) is 1.20. The van der Waals surface area contributed by atoms with Gasteiger partial charge >= 0.3 is 0 Å². The van der Waals surface area contributed by atoms with Crippen LogP contribution in [0.4, 0.5) is 5.69 Å². The van der Waals surface area contributed by atoms with Gasteiger partial charge in [0.05, 0.1) is 10.5 Å². The molecule has 0 spiro atoms. The molecule has 0 unspecified atom stereocenters. The van der Waals surface area contributed by atoms with Crippen LogP contribution in [0.1, 0.15) is 31.1 Å². The third-order valence-electron chi connectivity index (χ3n) is 2.25. The Morgan fingerprint density at radius 1 is 1.41 bits per heavy atom. The maximum Gasteiger partial charge on any atom is 0.270 e. The Balaban J connectivity index is 3.05. The number of carbonyl (C=O) groups excluding carboxylic acids is 1. The number of nitrogens with two attached hydrogens (primary N) is 1. The van der Waals surface area contributed by atoms with Gasteiger partial charge in [-0.15, -0.1) is 0 Å². The number of nitro benzene ring substituents is 1. The highest BCUT2D eigenvalue weighted by Crippen LogP contribution is 2.17. The quantitative estimate of drug-likeness (QED) is 0.367. The lowest BCUT2D eigenvalue weighted by molar-refractivity contribution is -0.384. The Labute approximate surface area is 99.1 Å². The zero-order chi connectivity index (χ0) is 13.2. The average molecular weight is 237 g/mol. The van der Waals surface area contributed by atoms with Gasteiger partial charge in [-0.1, -0.05) is 6.07 Å². The Bertz CT molecular complexity index is 452. The molecule has 1 aromatic rings. The van der Waals surface area contributed by atoms with Crippen molar-refractivity contribution in [2.45, 2.75) is 26.3 Å². The molecule has 1 amide bonds. The van der Waals surface area contributed by atoms with Crippen LogP contribution in [0, 0.1) is 10.1 Å². The first-order valence-corrected chi connectivity index (χ1v) is 5.07. The van der Waals surface area contributed by atoms with Gasteiger partial charge < -0.3 is 0 Å². The smallest absolute Gasteiger partial charge is 0.270 e. The monoisotopic (exact) mass is 237 g/mol. The van der Waals surface area contributed by atoms with Crippen LogP contribution in [0.25, 0.3) is 0 Å². The second-order valence-corrected chi connectivity index (χ2v) is 4.65. The molecule has 0 bridgehead atoms. The molecule has 0 aliphatic heterocycles. The maximum absolute atomic E-state index is 11.9. The third kappa shape index (κ3) is 3.01. The Hall–Kier alpha value is -1.95. The minimum Gasteiger partial charge on any atom is -0.271 e. The summed E-state index contributed by atoms with van der Waals surface area (Å²) in [6.45, 7) is 5.34. The van der Waals surface area contributed by atoms with Crippen LogP contribution in [-0.2, 0) is 0 Å². The fraction of sp³-hybridized carbons (Fsp3) is 0.364. The van der Waals surface area contributed by atoms with E-state index in [1.165, 1.54) is 24.3 Å². The summed E-state index contributed by atoms with van der Waals surface area (Å²) in [5.74, 6) is 5.22. The van der Waals surface area contributed by atoms with E-state index >= 15 is 0 Å². The molecule has 0 saturated heterocycles. The van der Waals surface area contributed by atoms with Crippen molar-refractivity contribution in [3.63, 3.8) is 0 Å². The number of nitrogens with zero attached hydrogens (tertiary/aromatic N) is 2. The number of benzene rings is 1. The molecule has 1 aromatic carbocycles. The number of rotatable bonds is 2. The number of hydrogen-bond acceptors (Lipinski definition) is 4. The van der Waals surface area contributed by atoms with E-state index in [2.05, 4.69) is 0 Å². The van der Waals surface area contributed by atoms with Crippen LogP contribution >= 0.6 is 0 Å². The van der Waals surface area contributed by atoms with E-state index in [1.807, 2.05) is 0 Å². The van der Waals surface area contributed by atoms with Crippen LogP contribution in [0.5, 0.6) is 0 Å². The highest BCUT2D eigenvalue weighted by atomic mass is 16.6. The van der Waals surface area contributed by atoms with Crippen molar-refractivity contribution in [2.24, 2.45) is 5.84 Å². The van der Waals surface area contributed by atoms with Crippen molar-refractivity contribution in [1.29, 1.82) is 0 Å². The normalized spacial score (nSPS) is 11.1. The van der Waals surface area contributed by atoms with Gasteiger partial charge in [0.2, 0.25) is 0 Å². The summed E-state index contributed by atoms with van der Waals surface area (Å²) in [5, 5.41) is 11.7. The van der Waals surface area contributed by atoms with E-state index in [4.69, 9.17) is 5.84 Å². The summed E-state index contributed by atoms with van der Waals surface area (Å²) in [6, 6.07) is 5.51. The summed E-state index contributed by atoms with van der Waals surface area (Å²) in [7, 11) is 0. The van der Waals surface area contributed by atoms with Crippen molar-refractivity contribution in [2.75, 3.05) is 0 Å². The summed E-state index contributed by atoms with van der Waals surface area (Å²) in [5.41, 5.74) is -0.461. The fourth-order valence-electron chi connectivity index (χ4n) is 1.20. The molecule has 6 nitrogen and oxygen atoms in total. The minimum absolute atomic E-state index is 0.127. The molecule has 0 radical (unpaired) electrons. The van der Waals surface area contributed by atoms with Gasteiger partial charge in [0, 0.05) is 17.7 Å². The summed E-state index contributed by atoms with van der Waals surface area (Å²) < 4.78 is 0. The van der Waals surface area contributed by atoms with E-state index in [0.717, 1.165) is 5.01 Å². The van der Waals surface area contributed by atoms with Crippen molar-refractivity contribution >= 4 is 11.6 Å². The van der Waals surface area contributed by atoms with Crippen LogP contribution in [0.3, 0.4) is 0 Å². The van der Waals surface area contributed by atoms with Gasteiger partial charge in [0.15, 0.2) is 0 Å². The van der Waals surface area contributed by atoms with Crippen LogP contribution < -0.4 is 5.84 Å². The highest BCUT2D eigenvalue weighted by Gasteiger charge is 2.25. The van der Waals surface area contributed by atoms with Crippen LogP contribution in [0.15, 0.2) is 24.3 Å². The molecular formula is C11H15N3O3. The van der Waals surface area contributed by atoms with Gasteiger partial charge in [-0.05, 0) is 26.8 Å². The predicted octanol–water partition coefficient (Wildman–Crippen LogP) is 1.71. The standard InChI is InChI=1S/C11H15N3O3/c1-11(2,3)13(12)10(15)8-5-4-6-9(7-8)14(16)17/h4-7H,12H2,1-3H3. The van der Waals surface area contributed by atoms with E-state index < -0.39 is 16.4 Å². The molecule has 92 valence electrons. The molecular weight excluding hydrogens is 222 g/mol. The van der Waals surface area contributed by atoms with E-state index in [-0.39, 0.29) is 11.3 Å². The number of non-ortho nitro benzene ring substituents is 1. The molecule has 0 aliphatic carbocycles. The van der Waals surface area contributed by atoms with Gasteiger partial charge in [-0.3, -0.25) is 19.9 Å². The molecule has 6 heteroatoms. The van der Waals surface area contributed by atoms with Crippen molar-refractivity contribution in [1.82, 2.24) is 5.01 Å². The zero-order valence-corrected chi connectivity index (χ0v) is 10.0. The van der Waals surface area contributed by atoms with Gasteiger partial charge in [-0.2, -0.15) is 0 Å². The lowest BCUT2D eigenvalue weighted by Crippen LogP contribution is -2.50. The van der Waals surface area contributed by atoms with Crippen LogP contribution in [-0.4, -0.2) is 21.4 Å². The van der Waals surface area contributed by atoms with Crippen molar-refractivity contribution in [3.05, 3.63) is 39.9 Å². The SMILES string of the molecule is CC(C)(C)N(N)C(=O)c1cccc([N+](=O)[O-])c1. The zero-order valence-electron chi connectivity index (χ0n) is 10.0. The van der Waals surface area contributed by atoms with Gasteiger partial charge in [0.25, 0.3) is 11.6 Å². The number of hydrazine groups is 1.